The summed E-state index contributed by atoms with van der Waals surface area (Å²) in [5.41, 5.74) is 1.26. The largest absolute Gasteiger partial charge is 0.320 e. The molecule has 3 aromatic rings. The van der Waals surface area contributed by atoms with Crippen molar-refractivity contribution in [3.05, 3.63) is 60.4 Å². The molecule has 5 nitrogen and oxygen atoms in total. The molecule has 1 aliphatic heterocycles. The number of carbonyl (C=O) groups is 1. The summed E-state index contributed by atoms with van der Waals surface area (Å²) in [5, 5.41) is 13.0. The van der Waals surface area contributed by atoms with Gasteiger partial charge in [0.2, 0.25) is 0 Å². The van der Waals surface area contributed by atoms with Gasteiger partial charge in [-0.05, 0) is 36.9 Å². The molecule has 1 saturated heterocycles. The first-order chi connectivity index (χ1) is 11.8. The quantitative estimate of drug-likeness (QED) is 0.779. The van der Waals surface area contributed by atoms with E-state index in [1.54, 1.807) is 6.07 Å². The van der Waals surface area contributed by atoms with E-state index in [-0.39, 0.29) is 5.91 Å². The molecular weight excluding hydrogens is 300 g/mol. The van der Waals surface area contributed by atoms with E-state index < -0.39 is 0 Å². The Morgan fingerprint density at radius 1 is 1.17 bits per heavy atom. The second-order valence-electron chi connectivity index (χ2n) is 6.16. The predicted octanol–water partition coefficient (Wildman–Crippen LogP) is 3.21. The first-order valence-electron chi connectivity index (χ1n) is 8.36. The molecule has 0 aliphatic carbocycles. The van der Waals surface area contributed by atoms with Crippen molar-refractivity contribution in [2.75, 3.05) is 18.4 Å². The molecule has 1 aromatic heterocycles. The van der Waals surface area contributed by atoms with Crippen LogP contribution in [0.5, 0.6) is 0 Å². The summed E-state index contributed by atoms with van der Waals surface area (Å²) in [7, 11) is 0. The number of nitrogens with one attached hydrogen (secondary N) is 2. The van der Waals surface area contributed by atoms with Crippen LogP contribution in [-0.4, -0.2) is 28.8 Å². The third-order valence-electron chi connectivity index (χ3n) is 4.52. The molecule has 2 aromatic carbocycles. The Labute approximate surface area is 140 Å². The normalized spacial score (nSPS) is 17.8. The van der Waals surface area contributed by atoms with Crippen LogP contribution in [0.4, 0.5) is 5.69 Å². The zero-order valence-corrected chi connectivity index (χ0v) is 13.4. The molecule has 1 fully saturated rings. The van der Waals surface area contributed by atoms with Gasteiger partial charge in [-0.15, -0.1) is 0 Å². The lowest BCUT2D eigenvalue weighted by atomic mass is 10.1. The van der Waals surface area contributed by atoms with Gasteiger partial charge in [-0.3, -0.25) is 9.48 Å². The predicted molar refractivity (Wildman–Crippen MR) is 95.3 cm³/mol. The van der Waals surface area contributed by atoms with Crippen molar-refractivity contribution in [3.63, 3.8) is 0 Å². The number of piperidine rings is 1. The fraction of sp³-hybridized carbons (Fsp3) is 0.263. The number of hydrogen-bond donors (Lipinski definition) is 2. The molecule has 0 radical (unpaired) electrons. The molecule has 1 unspecified atom stereocenters. The van der Waals surface area contributed by atoms with Gasteiger partial charge in [0.15, 0.2) is 5.69 Å². The third-order valence-corrected chi connectivity index (χ3v) is 4.52. The average molecular weight is 320 g/mol. The lowest BCUT2D eigenvalue weighted by molar-refractivity contribution is 0.102. The Morgan fingerprint density at radius 2 is 2.04 bits per heavy atom. The molecule has 2 N–H and O–H groups in total. The summed E-state index contributed by atoms with van der Waals surface area (Å²) >= 11 is 0. The molecule has 5 heteroatoms. The van der Waals surface area contributed by atoms with Gasteiger partial charge in [0.1, 0.15) is 0 Å². The molecule has 0 bridgehead atoms. The lowest BCUT2D eigenvalue weighted by Gasteiger charge is -2.22. The van der Waals surface area contributed by atoms with Gasteiger partial charge in [0.25, 0.3) is 5.91 Å². The standard InChI is InChI=1S/C19H20N4O/c24-19(18-10-12-23(22-18)15-7-4-11-20-13-15)21-17-9-3-6-14-5-1-2-8-16(14)17/h1-3,5-6,8-10,12,15,20H,4,7,11,13H2,(H,21,24). The van der Waals surface area contributed by atoms with Gasteiger partial charge in [-0.25, -0.2) is 0 Å². The first kappa shape index (κ1) is 14.9. The van der Waals surface area contributed by atoms with Crippen molar-refractivity contribution in [2.45, 2.75) is 18.9 Å². The summed E-state index contributed by atoms with van der Waals surface area (Å²) in [5.74, 6) is -0.172. The molecule has 4 rings (SSSR count). The second kappa shape index (κ2) is 6.45. The summed E-state index contributed by atoms with van der Waals surface area (Å²) in [6.45, 7) is 1.97. The van der Waals surface area contributed by atoms with Crippen LogP contribution in [-0.2, 0) is 0 Å². The molecule has 1 aliphatic rings. The number of anilines is 1. The van der Waals surface area contributed by atoms with Crippen LogP contribution >= 0.6 is 0 Å². The van der Waals surface area contributed by atoms with Crippen molar-refractivity contribution in [3.8, 4) is 0 Å². The van der Waals surface area contributed by atoms with Crippen LogP contribution in [0.2, 0.25) is 0 Å². The van der Waals surface area contributed by atoms with Crippen molar-refractivity contribution < 1.29 is 4.79 Å². The van der Waals surface area contributed by atoms with Crippen LogP contribution < -0.4 is 10.6 Å². The number of amides is 1. The zero-order chi connectivity index (χ0) is 16.4. The monoisotopic (exact) mass is 320 g/mol. The Balaban J connectivity index is 1.54. The summed E-state index contributed by atoms with van der Waals surface area (Å²) in [6.07, 6.45) is 4.14. The number of rotatable bonds is 3. The Hall–Kier alpha value is -2.66. The van der Waals surface area contributed by atoms with Crippen LogP contribution in [0.3, 0.4) is 0 Å². The SMILES string of the molecule is O=C(Nc1cccc2ccccc12)c1ccn(C2CCCNC2)n1. The summed E-state index contributed by atoms with van der Waals surface area (Å²) in [4.78, 5) is 12.6. The Kier molecular flexibility index (Phi) is 4.01. The van der Waals surface area contributed by atoms with Gasteiger partial charge in [0, 0.05) is 23.8 Å². The highest BCUT2D eigenvalue weighted by atomic mass is 16.1. The number of benzene rings is 2. The highest BCUT2D eigenvalue weighted by Gasteiger charge is 2.18. The maximum Gasteiger partial charge on any atom is 0.276 e. The minimum Gasteiger partial charge on any atom is -0.320 e. The minimum atomic E-state index is -0.172. The highest BCUT2D eigenvalue weighted by Crippen LogP contribution is 2.23. The maximum atomic E-state index is 12.6. The van der Waals surface area contributed by atoms with Crippen LogP contribution in [0.15, 0.2) is 54.7 Å². The van der Waals surface area contributed by atoms with E-state index >= 15 is 0 Å². The van der Waals surface area contributed by atoms with Crippen LogP contribution in [0.1, 0.15) is 29.4 Å². The number of carbonyl (C=O) groups excluding carboxylic acids is 1. The van der Waals surface area contributed by atoms with Gasteiger partial charge in [0.05, 0.1) is 6.04 Å². The molecule has 24 heavy (non-hydrogen) atoms. The van der Waals surface area contributed by atoms with Crippen molar-refractivity contribution in [1.82, 2.24) is 15.1 Å². The van der Waals surface area contributed by atoms with E-state index in [4.69, 9.17) is 0 Å². The van der Waals surface area contributed by atoms with E-state index in [1.165, 1.54) is 0 Å². The molecule has 1 amide bonds. The molecule has 122 valence electrons. The van der Waals surface area contributed by atoms with Gasteiger partial charge in [-0.1, -0.05) is 36.4 Å². The number of hydrogen-bond acceptors (Lipinski definition) is 3. The fourth-order valence-corrected chi connectivity index (χ4v) is 3.24. The Morgan fingerprint density at radius 3 is 2.92 bits per heavy atom. The van der Waals surface area contributed by atoms with Crippen LogP contribution in [0, 0.1) is 0 Å². The number of nitrogens with zero attached hydrogens (tertiary/aromatic N) is 2. The Bertz CT molecular complexity index is 859. The molecule has 0 spiro atoms. The smallest absolute Gasteiger partial charge is 0.276 e. The summed E-state index contributed by atoms with van der Waals surface area (Å²) in [6, 6.07) is 16.0. The van der Waals surface area contributed by atoms with Crippen LogP contribution in [0.25, 0.3) is 10.8 Å². The maximum absolute atomic E-state index is 12.6. The van der Waals surface area contributed by atoms with E-state index in [2.05, 4.69) is 15.7 Å². The van der Waals surface area contributed by atoms with Gasteiger partial charge >= 0.3 is 0 Å². The van der Waals surface area contributed by atoms with Gasteiger partial charge < -0.3 is 10.6 Å². The third kappa shape index (κ3) is 2.90. The second-order valence-corrected chi connectivity index (χ2v) is 6.16. The molecular formula is C19H20N4O. The van der Waals surface area contributed by atoms with Gasteiger partial charge in [-0.2, -0.15) is 5.10 Å². The minimum absolute atomic E-state index is 0.172. The molecule has 0 saturated carbocycles. The van der Waals surface area contributed by atoms with E-state index in [0.29, 0.717) is 11.7 Å². The average Bonchev–Trinajstić information content (AvgIpc) is 3.13. The fourth-order valence-electron chi connectivity index (χ4n) is 3.24. The first-order valence-corrected chi connectivity index (χ1v) is 8.36. The summed E-state index contributed by atoms with van der Waals surface area (Å²) < 4.78 is 1.91. The zero-order valence-electron chi connectivity index (χ0n) is 13.4. The van der Waals surface area contributed by atoms with Crippen molar-refractivity contribution in [1.29, 1.82) is 0 Å². The number of aromatic nitrogens is 2. The van der Waals surface area contributed by atoms with E-state index in [1.807, 2.05) is 53.3 Å². The highest BCUT2D eigenvalue weighted by molar-refractivity contribution is 6.08. The molecule has 2 heterocycles. The molecule has 1 atom stereocenters. The topological polar surface area (TPSA) is 59.0 Å². The number of fused-ring (bicyclic) bond motifs is 1. The van der Waals surface area contributed by atoms with Crippen molar-refractivity contribution >= 4 is 22.4 Å². The lowest BCUT2D eigenvalue weighted by Crippen LogP contribution is -2.32. The van der Waals surface area contributed by atoms with E-state index in [9.17, 15) is 4.79 Å². The van der Waals surface area contributed by atoms with E-state index in [0.717, 1.165) is 42.4 Å². The van der Waals surface area contributed by atoms with Crippen molar-refractivity contribution in [2.24, 2.45) is 0 Å².